The second kappa shape index (κ2) is 3.48. The van der Waals surface area contributed by atoms with Crippen LogP contribution in [0.3, 0.4) is 0 Å². The third-order valence-electron chi connectivity index (χ3n) is 1.20. The predicted molar refractivity (Wildman–Crippen MR) is 42.5 cm³/mol. The van der Waals surface area contributed by atoms with Crippen LogP contribution in [0.2, 0.25) is 0 Å². The van der Waals surface area contributed by atoms with Gasteiger partial charge in [-0.2, -0.15) is 0 Å². The maximum atomic E-state index is 10.3. The highest BCUT2D eigenvalue weighted by Gasteiger charge is 2.15. The van der Waals surface area contributed by atoms with E-state index < -0.39 is 16.8 Å². The molecule has 0 atom stereocenters. The zero-order valence-corrected chi connectivity index (χ0v) is 6.30. The summed E-state index contributed by atoms with van der Waals surface area (Å²) < 4.78 is 0. The molecule has 0 aliphatic carbocycles. The zero-order chi connectivity index (χ0) is 9.84. The Hall–Kier alpha value is -2.18. The summed E-state index contributed by atoms with van der Waals surface area (Å²) in [7, 11) is 0. The number of anilines is 1. The number of carbonyl (C=O) groups is 1. The van der Waals surface area contributed by atoms with E-state index in [2.05, 4.69) is 4.98 Å². The minimum atomic E-state index is -1.36. The van der Waals surface area contributed by atoms with E-state index in [1.807, 2.05) is 5.32 Å². The van der Waals surface area contributed by atoms with Crippen LogP contribution in [0.1, 0.15) is 0 Å². The first-order valence-corrected chi connectivity index (χ1v) is 3.20. The lowest BCUT2D eigenvalue weighted by atomic mass is 10.4. The largest absolute Gasteiger partial charge is 0.465 e. The van der Waals surface area contributed by atoms with Gasteiger partial charge in [-0.15, -0.1) is 0 Å². The quantitative estimate of drug-likeness (QED) is 0.527. The van der Waals surface area contributed by atoms with E-state index in [1.54, 1.807) is 0 Å². The molecule has 1 aromatic rings. The number of carboxylic acid groups (broad SMARTS) is 1. The van der Waals surface area contributed by atoms with Crippen LogP contribution in [0, 0.1) is 10.1 Å². The van der Waals surface area contributed by atoms with Crippen molar-refractivity contribution in [2.75, 3.05) is 5.32 Å². The van der Waals surface area contributed by atoms with Crippen molar-refractivity contribution in [1.29, 1.82) is 0 Å². The fraction of sp³-hybridized carbons (Fsp3) is 0. The maximum absolute atomic E-state index is 10.3. The van der Waals surface area contributed by atoms with Gasteiger partial charge in [-0.25, -0.2) is 4.79 Å². The van der Waals surface area contributed by atoms with Crippen LogP contribution >= 0.6 is 0 Å². The number of aromatic nitrogens is 1. The van der Waals surface area contributed by atoms with Crippen LogP contribution in [0.25, 0.3) is 0 Å². The molecule has 1 aromatic heterocycles. The highest BCUT2D eigenvalue weighted by atomic mass is 16.6. The van der Waals surface area contributed by atoms with Crippen molar-refractivity contribution >= 4 is 17.6 Å². The van der Waals surface area contributed by atoms with Crippen molar-refractivity contribution in [1.82, 2.24) is 4.98 Å². The molecule has 0 aliphatic rings. The normalized spacial score (nSPS) is 9.23. The van der Waals surface area contributed by atoms with E-state index in [0.29, 0.717) is 0 Å². The van der Waals surface area contributed by atoms with Gasteiger partial charge in [0.1, 0.15) is 11.9 Å². The first-order valence-electron chi connectivity index (χ1n) is 3.20. The lowest BCUT2D eigenvalue weighted by Gasteiger charge is -1.99. The molecule has 0 saturated carbocycles. The second-order valence-electron chi connectivity index (χ2n) is 2.06. The number of nitrogens with one attached hydrogen (secondary N) is 1. The molecule has 1 rings (SSSR count). The van der Waals surface area contributed by atoms with Gasteiger partial charge in [0, 0.05) is 0 Å². The fourth-order valence-electron chi connectivity index (χ4n) is 0.755. The molecule has 0 aliphatic heterocycles. The van der Waals surface area contributed by atoms with Gasteiger partial charge in [0.2, 0.25) is 0 Å². The molecule has 2 N–H and O–H groups in total. The van der Waals surface area contributed by atoms with Crippen molar-refractivity contribution in [3.05, 3.63) is 28.4 Å². The van der Waals surface area contributed by atoms with Gasteiger partial charge in [-0.05, 0) is 22.0 Å². The van der Waals surface area contributed by atoms with Crippen molar-refractivity contribution < 1.29 is 14.8 Å². The van der Waals surface area contributed by atoms with E-state index in [1.165, 1.54) is 18.3 Å². The average Bonchev–Trinajstić information content (AvgIpc) is 2.03. The molecule has 1 heterocycles. The van der Waals surface area contributed by atoms with Crippen LogP contribution in [-0.4, -0.2) is 21.1 Å². The van der Waals surface area contributed by atoms with E-state index in [-0.39, 0.29) is 5.69 Å². The van der Waals surface area contributed by atoms with Gasteiger partial charge < -0.3 is 15.2 Å². The second-order valence-corrected chi connectivity index (χ2v) is 2.06. The SMILES string of the molecule is O=C(O)Nc1cccnc1[N+](=O)[O-]. The Morgan fingerprint density at radius 3 is 2.92 bits per heavy atom. The third kappa shape index (κ3) is 2.12. The lowest BCUT2D eigenvalue weighted by molar-refractivity contribution is -0.388. The van der Waals surface area contributed by atoms with Crippen LogP contribution in [0.5, 0.6) is 0 Å². The summed E-state index contributed by atoms with van der Waals surface area (Å²) >= 11 is 0. The summed E-state index contributed by atoms with van der Waals surface area (Å²) in [5, 5.41) is 20.5. The first kappa shape index (κ1) is 8.91. The fourth-order valence-corrected chi connectivity index (χ4v) is 0.755. The minimum Gasteiger partial charge on any atom is -0.465 e. The third-order valence-corrected chi connectivity index (χ3v) is 1.20. The van der Waals surface area contributed by atoms with E-state index in [9.17, 15) is 14.9 Å². The molecule has 0 bridgehead atoms. The van der Waals surface area contributed by atoms with E-state index >= 15 is 0 Å². The molecular weight excluding hydrogens is 178 g/mol. The monoisotopic (exact) mass is 183 g/mol. The summed E-state index contributed by atoms with van der Waals surface area (Å²) in [6.07, 6.45) is -0.151. The molecular formula is C6H5N3O4. The number of pyridine rings is 1. The molecule has 0 unspecified atom stereocenters. The zero-order valence-electron chi connectivity index (χ0n) is 6.30. The van der Waals surface area contributed by atoms with Crippen LogP contribution in [0.15, 0.2) is 18.3 Å². The Bertz CT molecular complexity index is 351. The smallest absolute Gasteiger partial charge is 0.409 e. The van der Waals surface area contributed by atoms with E-state index in [0.717, 1.165) is 0 Å². The van der Waals surface area contributed by atoms with Gasteiger partial charge in [0.15, 0.2) is 0 Å². The summed E-state index contributed by atoms with van der Waals surface area (Å²) in [5.74, 6) is -0.509. The number of nitrogens with zero attached hydrogens (tertiary/aromatic N) is 2. The molecule has 0 saturated heterocycles. The first-order chi connectivity index (χ1) is 6.11. The highest BCUT2D eigenvalue weighted by Crippen LogP contribution is 2.19. The predicted octanol–water partition coefficient (Wildman–Crippen LogP) is 1.08. The number of hydrogen-bond acceptors (Lipinski definition) is 4. The Kier molecular flexibility index (Phi) is 2.38. The van der Waals surface area contributed by atoms with Crippen molar-refractivity contribution in [3.8, 4) is 0 Å². The van der Waals surface area contributed by atoms with Crippen molar-refractivity contribution in [3.63, 3.8) is 0 Å². The maximum Gasteiger partial charge on any atom is 0.409 e. The number of rotatable bonds is 2. The van der Waals surface area contributed by atoms with Gasteiger partial charge in [0.25, 0.3) is 0 Å². The lowest BCUT2D eigenvalue weighted by Crippen LogP contribution is -2.09. The van der Waals surface area contributed by atoms with Gasteiger partial charge in [-0.1, -0.05) is 0 Å². The van der Waals surface area contributed by atoms with Gasteiger partial charge >= 0.3 is 11.9 Å². The minimum absolute atomic E-state index is 0.139. The standard InChI is InChI=1S/C6H5N3O4/c10-6(11)8-4-2-1-3-7-5(4)9(12)13/h1-3,8H,(H,10,11). The molecule has 0 fully saturated rings. The summed E-state index contributed by atoms with van der Waals surface area (Å²) in [6, 6.07) is 2.66. The number of nitro groups is 1. The Morgan fingerprint density at radius 2 is 2.38 bits per heavy atom. The van der Waals surface area contributed by atoms with Crippen molar-refractivity contribution in [2.24, 2.45) is 0 Å². The van der Waals surface area contributed by atoms with Crippen LogP contribution in [-0.2, 0) is 0 Å². The number of hydrogen-bond donors (Lipinski definition) is 2. The Morgan fingerprint density at radius 1 is 1.69 bits per heavy atom. The summed E-state index contributed by atoms with van der Waals surface area (Å²) in [5.41, 5.74) is -0.139. The molecule has 7 nitrogen and oxygen atoms in total. The Balaban J connectivity index is 3.04. The van der Waals surface area contributed by atoms with E-state index in [4.69, 9.17) is 5.11 Å². The van der Waals surface area contributed by atoms with Crippen LogP contribution in [0.4, 0.5) is 16.3 Å². The topological polar surface area (TPSA) is 105 Å². The summed E-state index contributed by atoms with van der Waals surface area (Å²) in [4.78, 5) is 23.1. The molecule has 0 radical (unpaired) electrons. The number of amides is 1. The van der Waals surface area contributed by atoms with Gasteiger partial charge in [-0.3, -0.25) is 5.32 Å². The molecule has 0 aromatic carbocycles. The molecule has 1 amide bonds. The molecule has 0 spiro atoms. The van der Waals surface area contributed by atoms with Crippen LogP contribution < -0.4 is 5.32 Å². The molecule has 13 heavy (non-hydrogen) atoms. The average molecular weight is 183 g/mol. The molecule has 7 heteroatoms. The highest BCUT2D eigenvalue weighted by molar-refractivity contribution is 5.85. The van der Waals surface area contributed by atoms with Gasteiger partial charge in [0.05, 0.1) is 0 Å². The molecule has 68 valence electrons. The summed E-state index contributed by atoms with van der Waals surface area (Å²) in [6.45, 7) is 0. The Labute approximate surface area is 72.2 Å². The van der Waals surface area contributed by atoms with Crippen molar-refractivity contribution in [2.45, 2.75) is 0 Å².